The van der Waals surface area contributed by atoms with Gasteiger partial charge in [0.25, 0.3) is 0 Å². The van der Waals surface area contributed by atoms with Crippen molar-refractivity contribution in [2.45, 2.75) is 57.5 Å². The number of carbonyl (C=O) groups excluding carboxylic acids is 1. The summed E-state index contributed by atoms with van der Waals surface area (Å²) in [5.41, 5.74) is 2.59. The van der Waals surface area contributed by atoms with Crippen LogP contribution in [0.5, 0.6) is 5.75 Å². The van der Waals surface area contributed by atoms with E-state index in [0.29, 0.717) is 17.9 Å². The smallest absolute Gasteiger partial charge is 0.309 e. The largest absolute Gasteiger partial charge is 0.490 e. The molecule has 2 aliphatic heterocycles. The van der Waals surface area contributed by atoms with Crippen molar-refractivity contribution >= 4 is 5.97 Å². The molecule has 1 N–H and O–H groups in total. The summed E-state index contributed by atoms with van der Waals surface area (Å²) in [5, 5.41) is 3.61. The topological polar surface area (TPSA) is 47.6 Å². The first-order chi connectivity index (χ1) is 13.7. The normalized spacial score (nSPS) is 33.5. The van der Waals surface area contributed by atoms with E-state index >= 15 is 0 Å². The molecule has 1 aromatic carbocycles. The minimum atomic E-state index is -0.102. The van der Waals surface area contributed by atoms with Crippen LogP contribution in [-0.2, 0) is 16.0 Å². The van der Waals surface area contributed by atoms with Gasteiger partial charge in [-0.15, -0.1) is 0 Å². The average molecular weight is 384 g/mol. The fourth-order valence-corrected chi connectivity index (χ4v) is 6.38. The van der Waals surface area contributed by atoms with Crippen LogP contribution in [0.25, 0.3) is 0 Å². The fraction of sp³-hybridized carbons (Fsp3) is 0.708. The SMILES string of the molecule is COC(=O)[C@H](C)[C@H](c1ccc2c(c1)O[C@@H]([C@H]1[C@@H]3CC[C@H]1CNC3)CC2)C1CC1. The number of nitrogens with one attached hydrogen (secondary N) is 1. The Bertz CT molecular complexity index is 727. The standard InChI is InChI=1S/C24H33NO3/c1-14(24(26)27-2)22(16-4-5-16)17-6-3-15-9-10-20(28-21(15)11-17)23-18-7-8-19(23)13-25-12-18/h3,6,11,14,16,18-20,22-23,25H,4-5,7-10,12-13H2,1-2H3/t14-,18-,19+,20-,22+,23+/m1/s1. The van der Waals surface area contributed by atoms with Crippen LogP contribution < -0.4 is 10.1 Å². The monoisotopic (exact) mass is 383 g/mol. The van der Waals surface area contributed by atoms with Crippen molar-refractivity contribution in [2.24, 2.45) is 29.6 Å². The molecule has 2 aliphatic carbocycles. The van der Waals surface area contributed by atoms with Crippen LogP contribution in [-0.4, -0.2) is 32.3 Å². The van der Waals surface area contributed by atoms with Crippen molar-refractivity contribution < 1.29 is 14.3 Å². The van der Waals surface area contributed by atoms with Crippen molar-refractivity contribution in [3.8, 4) is 5.75 Å². The van der Waals surface area contributed by atoms with Crippen LogP contribution in [0.2, 0.25) is 0 Å². The van der Waals surface area contributed by atoms with Crippen LogP contribution >= 0.6 is 0 Å². The second kappa shape index (κ2) is 7.37. The fourth-order valence-electron chi connectivity index (χ4n) is 6.38. The van der Waals surface area contributed by atoms with Crippen molar-refractivity contribution in [3.05, 3.63) is 29.3 Å². The van der Waals surface area contributed by atoms with E-state index in [1.807, 2.05) is 6.92 Å². The highest BCUT2D eigenvalue weighted by atomic mass is 16.5. The Morgan fingerprint density at radius 2 is 1.89 bits per heavy atom. The molecule has 2 heterocycles. The Kier molecular flexibility index (Phi) is 4.86. The third-order valence-electron chi connectivity index (χ3n) is 7.93. The van der Waals surface area contributed by atoms with E-state index in [1.54, 1.807) is 0 Å². The number of fused-ring (bicyclic) bond motifs is 3. The predicted octanol–water partition coefficient (Wildman–Crippen LogP) is 3.93. The summed E-state index contributed by atoms with van der Waals surface area (Å²) in [6, 6.07) is 6.74. The first-order valence-electron chi connectivity index (χ1n) is 11.2. The molecular formula is C24H33NO3. The Morgan fingerprint density at radius 3 is 2.57 bits per heavy atom. The van der Waals surface area contributed by atoms with E-state index in [-0.39, 0.29) is 17.8 Å². The lowest BCUT2D eigenvalue weighted by molar-refractivity contribution is -0.145. The van der Waals surface area contributed by atoms with Gasteiger partial charge < -0.3 is 14.8 Å². The molecule has 4 aliphatic rings. The van der Waals surface area contributed by atoms with Crippen molar-refractivity contribution in [3.63, 3.8) is 0 Å². The molecule has 3 fully saturated rings. The lowest BCUT2D eigenvalue weighted by atomic mass is 9.78. The number of carbonyl (C=O) groups is 1. The number of methoxy groups -OCH3 is 1. The number of hydrogen-bond donors (Lipinski definition) is 1. The van der Waals surface area contributed by atoms with E-state index in [4.69, 9.17) is 9.47 Å². The van der Waals surface area contributed by atoms with Crippen LogP contribution in [0.4, 0.5) is 0 Å². The molecule has 4 heteroatoms. The molecule has 2 bridgehead atoms. The Hall–Kier alpha value is -1.55. The molecule has 6 atom stereocenters. The molecule has 2 saturated carbocycles. The highest BCUT2D eigenvalue weighted by molar-refractivity contribution is 5.73. The summed E-state index contributed by atoms with van der Waals surface area (Å²) in [6.45, 7) is 4.34. The number of hydrogen-bond acceptors (Lipinski definition) is 4. The zero-order valence-electron chi connectivity index (χ0n) is 17.2. The van der Waals surface area contributed by atoms with E-state index in [9.17, 15) is 4.79 Å². The predicted molar refractivity (Wildman–Crippen MR) is 108 cm³/mol. The maximum absolute atomic E-state index is 12.2. The first-order valence-corrected chi connectivity index (χ1v) is 11.2. The first kappa shape index (κ1) is 18.5. The number of benzene rings is 1. The maximum Gasteiger partial charge on any atom is 0.309 e. The quantitative estimate of drug-likeness (QED) is 0.783. The lowest BCUT2D eigenvalue weighted by Gasteiger charge is -2.39. The minimum absolute atomic E-state index is 0.0975. The molecule has 0 spiro atoms. The Morgan fingerprint density at radius 1 is 1.14 bits per heavy atom. The summed E-state index contributed by atoms with van der Waals surface area (Å²) in [4.78, 5) is 12.2. The van der Waals surface area contributed by atoms with Gasteiger partial charge in [-0.1, -0.05) is 19.1 Å². The van der Waals surface area contributed by atoms with Gasteiger partial charge in [0, 0.05) is 5.92 Å². The van der Waals surface area contributed by atoms with Gasteiger partial charge in [0.2, 0.25) is 0 Å². The van der Waals surface area contributed by atoms with Gasteiger partial charge in [-0.05, 0) is 92.5 Å². The summed E-state index contributed by atoms with van der Waals surface area (Å²) in [5.74, 6) is 4.01. The molecule has 0 radical (unpaired) electrons. The van der Waals surface area contributed by atoms with E-state index < -0.39 is 0 Å². The molecule has 28 heavy (non-hydrogen) atoms. The number of ether oxygens (including phenoxy) is 2. The van der Waals surface area contributed by atoms with Crippen LogP contribution in [0.1, 0.15) is 56.1 Å². The van der Waals surface area contributed by atoms with E-state index in [2.05, 4.69) is 23.5 Å². The van der Waals surface area contributed by atoms with Gasteiger partial charge >= 0.3 is 5.97 Å². The third kappa shape index (κ3) is 3.24. The van der Waals surface area contributed by atoms with Gasteiger partial charge in [-0.25, -0.2) is 0 Å². The van der Waals surface area contributed by atoms with Gasteiger partial charge in [-0.3, -0.25) is 4.79 Å². The number of esters is 1. The molecule has 1 saturated heterocycles. The average Bonchev–Trinajstić information content (AvgIpc) is 3.52. The molecule has 4 nitrogen and oxygen atoms in total. The van der Waals surface area contributed by atoms with Gasteiger partial charge in [0.15, 0.2) is 0 Å². The Labute approximate surface area is 168 Å². The maximum atomic E-state index is 12.2. The van der Waals surface area contributed by atoms with Crippen LogP contribution in [0.15, 0.2) is 18.2 Å². The van der Waals surface area contributed by atoms with Crippen molar-refractivity contribution in [1.82, 2.24) is 5.32 Å². The van der Waals surface area contributed by atoms with Crippen molar-refractivity contribution in [2.75, 3.05) is 20.2 Å². The van der Waals surface area contributed by atoms with E-state index in [0.717, 1.165) is 43.5 Å². The molecule has 152 valence electrons. The zero-order chi connectivity index (χ0) is 19.3. The summed E-state index contributed by atoms with van der Waals surface area (Å²) < 4.78 is 11.7. The number of rotatable bonds is 5. The molecule has 0 amide bonds. The molecule has 0 aromatic heterocycles. The molecular weight excluding hydrogens is 350 g/mol. The van der Waals surface area contributed by atoms with Gasteiger partial charge in [-0.2, -0.15) is 0 Å². The van der Waals surface area contributed by atoms with E-state index in [1.165, 1.54) is 43.9 Å². The van der Waals surface area contributed by atoms with Crippen LogP contribution in [0.3, 0.4) is 0 Å². The Balaban J connectivity index is 1.39. The van der Waals surface area contributed by atoms with Crippen molar-refractivity contribution in [1.29, 1.82) is 0 Å². The number of aryl methyl sites for hydroxylation is 1. The molecule has 1 aromatic rings. The second-order valence-electron chi connectivity index (χ2n) is 9.57. The molecule has 0 unspecified atom stereocenters. The number of piperidine rings is 1. The van der Waals surface area contributed by atoms with Gasteiger partial charge in [0.1, 0.15) is 11.9 Å². The van der Waals surface area contributed by atoms with Crippen LogP contribution in [0, 0.1) is 29.6 Å². The highest BCUT2D eigenvalue weighted by Crippen LogP contribution is 2.49. The highest BCUT2D eigenvalue weighted by Gasteiger charge is 2.45. The summed E-state index contributed by atoms with van der Waals surface area (Å²) >= 11 is 0. The lowest BCUT2D eigenvalue weighted by Crippen LogP contribution is -2.46. The summed E-state index contributed by atoms with van der Waals surface area (Å²) in [7, 11) is 1.50. The molecule has 5 rings (SSSR count). The minimum Gasteiger partial charge on any atom is -0.490 e. The summed E-state index contributed by atoms with van der Waals surface area (Å²) in [6.07, 6.45) is 7.76. The van der Waals surface area contributed by atoms with Gasteiger partial charge in [0.05, 0.1) is 13.0 Å². The zero-order valence-corrected chi connectivity index (χ0v) is 17.2. The second-order valence-corrected chi connectivity index (χ2v) is 9.57. The third-order valence-corrected chi connectivity index (χ3v) is 7.93.